The summed E-state index contributed by atoms with van der Waals surface area (Å²) in [5.41, 5.74) is 0.586. The number of hydrogen-bond donors (Lipinski definition) is 1. The maximum Gasteiger partial charge on any atom is 0.415 e. The van der Waals surface area contributed by atoms with E-state index < -0.39 is 17.2 Å². The predicted octanol–water partition coefficient (Wildman–Crippen LogP) is 3.40. The van der Waals surface area contributed by atoms with Gasteiger partial charge >= 0.3 is 6.09 Å². The quantitative estimate of drug-likeness (QED) is 0.789. The van der Waals surface area contributed by atoms with Crippen LogP contribution in [0.1, 0.15) is 51.7 Å². The molecule has 0 radical (unpaired) electrons. The van der Waals surface area contributed by atoms with E-state index in [9.17, 15) is 9.90 Å². The minimum Gasteiger partial charge on any atom is -0.443 e. The molecule has 3 rings (SSSR count). The lowest BCUT2D eigenvalue weighted by Gasteiger charge is -2.47. The number of aliphatic hydroxyl groups excluding tert-OH is 1. The first-order chi connectivity index (χ1) is 9.35. The molecule has 20 heavy (non-hydrogen) atoms. The lowest BCUT2D eigenvalue weighted by Crippen LogP contribution is -2.57. The highest BCUT2D eigenvalue weighted by molar-refractivity contribution is 5.93. The Morgan fingerprint density at radius 1 is 1.35 bits per heavy atom. The van der Waals surface area contributed by atoms with Crippen molar-refractivity contribution in [3.8, 4) is 0 Å². The van der Waals surface area contributed by atoms with E-state index in [1.165, 1.54) is 0 Å². The van der Waals surface area contributed by atoms with E-state index >= 15 is 0 Å². The first kappa shape index (κ1) is 13.4. The second kappa shape index (κ2) is 4.22. The van der Waals surface area contributed by atoms with Gasteiger partial charge in [-0.3, -0.25) is 4.90 Å². The molecule has 108 valence electrons. The number of para-hydroxylation sites is 1. The normalized spacial score (nSPS) is 23.4. The second-order valence-electron chi connectivity index (χ2n) is 6.73. The molecule has 4 heteroatoms. The fourth-order valence-electron chi connectivity index (χ4n) is 3.20. The maximum atomic E-state index is 12.6. The molecule has 1 aliphatic carbocycles. The Morgan fingerprint density at radius 3 is 2.55 bits per heavy atom. The fourth-order valence-corrected chi connectivity index (χ4v) is 3.20. The van der Waals surface area contributed by atoms with E-state index in [1.54, 1.807) is 4.90 Å². The number of anilines is 1. The fraction of sp³-hybridized carbons (Fsp3) is 0.562. The predicted molar refractivity (Wildman–Crippen MR) is 76.7 cm³/mol. The van der Waals surface area contributed by atoms with Crippen molar-refractivity contribution in [3.63, 3.8) is 0 Å². The van der Waals surface area contributed by atoms with Crippen LogP contribution in [0.3, 0.4) is 0 Å². The van der Waals surface area contributed by atoms with Gasteiger partial charge in [-0.2, -0.15) is 0 Å². The third-order valence-corrected chi connectivity index (χ3v) is 4.22. The average molecular weight is 275 g/mol. The first-order valence-corrected chi connectivity index (χ1v) is 7.15. The Bertz CT molecular complexity index is 543. The summed E-state index contributed by atoms with van der Waals surface area (Å²) >= 11 is 0. The molecule has 2 aliphatic rings. The van der Waals surface area contributed by atoms with Crippen LogP contribution in [0.2, 0.25) is 0 Å². The molecule has 1 N–H and O–H groups in total. The molecule has 1 saturated carbocycles. The molecule has 1 atom stereocenters. The molecule has 1 aromatic carbocycles. The van der Waals surface area contributed by atoms with E-state index in [-0.39, 0.29) is 6.09 Å². The summed E-state index contributed by atoms with van der Waals surface area (Å²) in [6, 6.07) is 7.56. The van der Waals surface area contributed by atoms with E-state index in [2.05, 4.69) is 0 Å². The zero-order valence-corrected chi connectivity index (χ0v) is 12.2. The lowest BCUT2D eigenvalue weighted by atomic mass is 9.72. The summed E-state index contributed by atoms with van der Waals surface area (Å²) in [6.07, 6.45) is 1.70. The summed E-state index contributed by atoms with van der Waals surface area (Å²) in [6.45, 7) is 5.57. The number of rotatable bonds is 0. The van der Waals surface area contributed by atoms with Crippen LogP contribution in [0.25, 0.3) is 0 Å². The Labute approximate surface area is 119 Å². The number of amides is 1. The van der Waals surface area contributed by atoms with Crippen LogP contribution in [0.4, 0.5) is 10.5 Å². The number of benzene rings is 1. The molecule has 1 aliphatic heterocycles. The number of aliphatic hydroxyl groups is 1. The summed E-state index contributed by atoms with van der Waals surface area (Å²) in [7, 11) is 0. The topological polar surface area (TPSA) is 49.8 Å². The van der Waals surface area contributed by atoms with Gasteiger partial charge in [-0.25, -0.2) is 4.79 Å². The van der Waals surface area contributed by atoms with E-state index in [1.807, 2.05) is 45.0 Å². The third-order valence-electron chi connectivity index (χ3n) is 4.22. The average Bonchev–Trinajstić information content (AvgIpc) is 2.57. The molecule has 1 amide bonds. The minimum absolute atomic E-state index is 0.360. The minimum atomic E-state index is -0.611. The highest BCUT2D eigenvalue weighted by Gasteiger charge is 2.57. The van der Waals surface area contributed by atoms with Gasteiger partial charge in [0.1, 0.15) is 11.7 Å². The zero-order chi connectivity index (χ0) is 14.5. The van der Waals surface area contributed by atoms with Gasteiger partial charge in [0.15, 0.2) is 0 Å². The monoisotopic (exact) mass is 275 g/mol. The largest absolute Gasteiger partial charge is 0.443 e. The maximum absolute atomic E-state index is 12.6. The van der Waals surface area contributed by atoms with E-state index in [4.69, 9.17) is 4.74 Å². The van der Waals surface area contributed by atoms with Crippen molar-refractivity contribution in [1.29, 1.82) is 0 Å². The van der Waals surface area contributed by atoms with Gasteiger partial charge in [-0.05, 0) is 46.1 Å². The van der Waals surface area contributed by atoms with Gasteiger partial charge in [0.25, 0.3) is 0 Å². The van der Waals surface area contributed by atoms with E-state index in [0.717, 1.165) is 30.5 Å². The molecule has 1 fully saturated rings. The molecule has 1 heterocycles. The van der Waals surface area contributed by atoms with Gasteiger partial charge < -0.3 is 9.84 Å². The second-order valence-corrected chi connectivity index (χ2v) is 6.73. The molecule has 1 unspecified atom stereocenters. The Balaban J connectivity index is 2.01. The van der Waals surface area contributed by atoms with Gasteiger partial charge in [0.05, 0.1) is 11.2 Å². The zero-order valence-electron chi connectivity index (χ0n) is 12.2. The van der Waals surface area contributed by atoms with Gasteiger partial charge in [0, 0.05) is 5.56 Å². The molecule has 0 bridgehead atoms. The van der Waals surface area contributed by atoms with Crippen LogP contribution < -0.4 is 4.90 Å². The number of carbonyl (C=O) groups is 1. The molecular weight excluding hydrogens is 254 g/mol. The lowest BCUT2D eigenvalue weighted by molar-refractivity contribution is 0.0192. The summed E-state index contributed by atoms with van der Waals surface area (Å²) in [5, 5.41) is 10.6. The van der Waals surface area contributed by atoms with E-state index in [0.29, 0.717) is 0 Å². The van der Waals surface area contributed by atoms with Crippen molar-refractivity contribution in [2.75, 3.05) is 4.90 Å². The molecule has 0 aromatic heterocycles. The molecule has 1 aromatic rings. The van der Waals surface area contributed by atoms with Crippen molar-refractivity contribution in [2.24, 2.45) is 0 Å². The highest BCUT2D eigenvalue weighted by Crippen LogP contribution is 2.56. The number of fused-ring (bicyclic) bond motifs is 1. The highest BCUT2D eigenvalue weighted by atomic mass is 16.6. The molecular formula is C16H21NO3. The molecule has 1 spiro atoms. The number of ether oxygens (including phenoxy) is 1. The van der Waals surface area contributed by atoms with Crippen LogP contribution in [-0.4, -0.2) is 22.3 Å². The van der Waals surface area contributed by atoms with Crippen molar-refractivity contribution < 1.29 is 14.6 Å². The SMILES string of the molecule is CC(C)(C)OC(=O)N1c2ccccc2C(O)C12CCC2. The molecule has 0 saturated heterocycles. The van der Waals surface area contributed by atoms with Crippen molar-refractivity contribution in [1.82, 2.24) is 0 Å². The van der Waals surface area contributed by atoms with Crippen molar-refractivity contribution in [3.05, 3.63) is 29.8 Å². The van der Waals surface area contributed by atoms with Crippen LogP contribution >= 0.6 is 0 Å². The standard InChI is InChI=1S/C16H21NO3/c1-15(2,3)20-14(19)17-12-8-5-4-7-11(12)13(18)16(17)9-6-10-16/h4-5,7-8,13,18H,6,9-10H2,1-3H3. The van der Waals surface area contributed by atoms with Crippen LogP contribution in [0.5, 0.6) is 0 Å². The first-order valence-electron chi connectivity index (χ1n) is 7.15. The Hall–Kier alpha value is -1.55. The number of carbonyl (C=O) groups excluding carboxylic acids is 1. The van der Waals surface area contributed by atoms with Crippen LogP contribution in [0, 0.1) is 0 Å². The van der Waals surface area contributed by atoms with Gasteiger partial charge in [0.2, 0.25) is 0 Å². The van der Waals surface area contributed by atoms with Crippen LogP contribution in [0.15, 0.2) is 24.3 Å². The Morgan fingerprint density at radius 2 is 2.00 bits per heavy atom. The Kier molecular flexibility index (Phi) is 2.83. The number of nitrogens with zero attached hydrogens (tertiary/aromatic N) is 1. The molecule has 4 nitrogen and oxygen atoms in total. The van der Waals surface area contributed by atoms with Crippen LogP contribution in [-0.2, 0) is 4.74 Å². The summed E-state index contributed by atoms with van der Waals surface area (Å²) in [4.78, 5) is 14.3. The van der Waals surface area contributed by atoms with Gasteiger partial charge in [-0.1, -0.05) is 18.2 Å². The summed E-state index contributed by atoms with van der Waals surface area (Å²) < 4.78 is 5.53. The van der Waals surface area contributed by atoms with Gasteiger partial charge in [-0.15, -0.1) is 0 Å². The third kappa shape index (κ3) is 1.82. The van der Waals surface area contributed by atoms with Crippen molar-refractivity contribution >= 4 is 11.8 Å². The van der Waals surface area contributed by atoms with Crippen molar-refractivity contribution in [2.45, 2.75) is 57.3 Å². The number of hydrogen-bond acceptors (Lipinski definition) is 3. The summed E-state index contributed by atoms with van der Waals surface area (Å²) in [5.74, 6) is 0. The smallest absolute Gasteiger partial charge is 0.415 e.